The zero-order chi connectivity index (χ0) is 19.3. The van der Waals surface area contributed by atoms with E-state index >= 15 is 0 Å². The monoisotopic (exact) mass is 374 g/mol. The summed E-state index contributed by atoms with van der Waals surface area (Å²) in [5.74, 6) is 1.83. The number of benzene rings is 2. The fourth-order valence-electron chi connectivity index (χ4n) is 3.57. The Kier molecular flexibility index (Phi) is 5.37. The molecule has 0 amide bonds. The molecule has 1 N–H and O–H groups in total. The first-order chi connectivity index (χ1) is 13.7. The zero-order valence-corrected chi connectivity index (χ0v) is 16.4. The molecule has 2 heterocycles. The van der Waals surface area contributed by atoms with Crippen LogP contribution in [-0.2, 0) is 0 Å². The van der Waals surface area contributed by atoms with Gasteiger partial charge in [-0.15, -0.1) is 5.10 Å². The Labute approximate surface area is 166 Å². The molecule has 1 fully saturated rings. The number of aromatic nitrogens is 3. The third kappa shape index (κ3) is 4.06. The van der Waals surface area contributed by atoms with Gasteiger partial charge in [-0.3, -0.25) is 0 Å². The molecule has 1 aromatic heterocycles. The molecule has 0 spiro atoms. The van der Waals surface area contributed by atoms with E-state index in [1.165, 1.54) is 11.3 Å². The molecule has 0 aliphatic carbocycles. The molecule has 0 radical (unpaired) electrons. The van der Waals surface area contributed by atoms with Gasteiger partial charge < -0.3 is 15.1 Å². The predicted octanol–water partition coefficient (Wildman–Crippen LogP) is 4.07. The minimum atomic E-state index is 0.422. The molecule has 2 aromatic carbocycles. The number of hydrogen-bond acceptors (Lipinski definition) is 6. The van der Waals surface area contributed by atoms with Gasteiger partial charge in [0.05, 0.1) is 6.20 Å². The van der Waals surface area contributed by atoms with Gasteiger partial charge in [-0.05, 0) is 29.7 Å². The van der Waals surface area contributed by atoms with Crippen LogP contribution in [0.1, 0.15) is 25.3 Å². The summed E-state index contributed by atoms with van der Waals surface area (Å²) in [6, 6.07) is 18.8. The standard InChI is InChI=1S/C22H26N6/c1-17(2)19-10-6-7-11-20(19)24-22-25-21(16-23-26-22)28-14-12-27(13-15-28)18-8-4-3-5-9-18/h3-11,16-17H,12-15H2,1-2H3,(H,24,25,26). The van der Waals surface area contributed by atoms with Gasteiger partial charge in [-0.1, -0.05) is 50.2 Å². The van der Waals surface area contributed by atoms with Crippen LogP contribution in [-0.4, -0.2) is 41.4 Å². The Bertz CT molecular complexity index is 904. The fraction of sp³-hybridized carbons (Fsp3) is 0.318. The van der Waals surface area contributed by atoms with Crippen LogP contribution in [0.4, 0.5) is 23.1 Å². The van der Waals surface area contributed by atoms with E-state index in [4.69, 9.17) is 4.98 Å². The Hall–Kier alpha value is -3.15. The van der Waals surface area contributed by atoms with Crippen LogP contribution in [0, 0.1) is 0 Å². The van der Waals surface area contributed by atoms with Gasteiger partial charge >= 0.3 is 0 Å². The molecule has 0 atom stereocenters. The van der Waals surface area contributed by atoms with Crippen molar-refractivity contribution in [3.8, 4) is 0 Å². The molecule has 144 valence electrons. The second kappa shape index (κ2) is 8.25. The van der Waals surface area contributed by atoms with Gasteiger partial charge in [-0.25, -0.2) is 0 Å². The molecule has 0 bridgehead atoms. The number of piperazine rings is 1. The Morgan fingerprint density at radius 1 is 0.857 bits per heavy atom. The summed E-state index contributed by atoms with van der Waals surface area (Å²) >= 11 is 0. The lowest BCUT2D eigenvalue weighted by Gasteiger charge is -2.36. The summed E-state index contributed by atoms with van der Waals surface area (Å²) in [4.78, 5) is 9.39. The number of para-hydroxylation sites is 2. The molecule has 28 heavy (non-hydrogen) atoms. The molecule has 0 saturated carbocycles. The highest BCUT2D eigenvalue weighted by Crippen LogP contribution is 2.26. The third-order valence-electron chi connectivity index (χ3n) is 5.10. The second-order valence-corrected chi connectivity index (χ2v) is 7.31. The fourth-order valence-corrected chi connectivity index (χ4v) is 3.57. The van der Waals surface area contributed by atoms with Gasteiger partial charge in [0.25, 0.3) is 0 Å². The van der Waals surface area contributed by atoms with E-state index in [1.54, 1.807) is 6.20 Å². The first-order valence-corrected chi connectivity index (χ1v) is 9.81. The highest BCUT2D eigenvalue weighted by atomic mass is 15.3. The lowest BCUT2D eigenvalue weighted by atomic mass is 10.0. The van der Waals surface area contributed by atoms with Gasteiger partial charge in [-0.2, -0.15) is 10.1 Å². The van der Waals surface area contributed by atoms with Gasteiger partial charge in [0, 0.05) is 37.6 Å². The normalized spacial score (nSPS) is 14.4. The molecule has 1 saturated heterocycles. The van der Waals surface area contributed by atoms with Crippen molar-refractivity contribution >= 4 is 23.1 Å². The summed E-state index contributed by atoms with van der Waals surface area (Å²) in [5.41, 5.74) is 3.55. The smallest absolute Gasteiger partial charge is 0.249 e. The zero-order valence-electron chi connectivity index (χ0n) is 16.4. The Morgan fingerprint density at radius 2 is 1.54 bits per heavy atom. The first kappa shape index (κ1) is 18.2. The van der Waals surface area contributed by atoms with E-state index in [-0.39, 0.29) is 0 Å². The van der Waals surface area contributed by atoms with Crippen LogP contribution >= 0.6 is 0 Å². The molecule has 6 heteroatoms. The van der Waals surface area contributed by atoms with Crippen molar-refractivity contribution in [3.63, 3.8) is 0 Å². The molecule has 1 aliphatic rings. The Balaban J connectivity index is 1.45. The number of nitrogens with one attached hydrogen (secondary N) is 1. The van der Waals surface area contributed by atoms with Crippen LogP contribution in [0.3, 0.4) is 0 Å². The molecule has 4 rings (SSSR count). The molecule has 6 nitrogen and oxygen atoms in total. The van der Waals surface area contributed by atoms with Crippen LogP contribution in [0.25, 0.3) is 0 Å². The van der Waals surface area contributed by atoms with Crippen LogP contribution < -0.4 is 15.1 Å². The average Bonchev–Trinajstić information content (AvgIpc) is 2.75. The van der Waals surface area contributed by atoms with Crippen molar-refractivity contribution in [1.29, 1.82) is 0 Å². The average molecular weight is 374 g/mol. The van der Waals surface area contributed by atoms with E-state index < -0.39 is 0 Å². The molecule has 1 aliphatic heterocycles. The van der Waals surface area contributed by atoms with E-state index in [2.05, 4.69) is 87.7 Å². The van der Waals surface area contributed by atoms with Crippen molar-refractivity contribution < 1.29 is 0 Å². The van der Waals surface area contributed by atoms with Crippen molar-refractivity contribution in [1.82, 2.24) is 15.2 Å². The predicted molar refractivity (Wildman–Crippen MR) is 115 cm³/mol. The molecule has 3 aromatic rings. The highest BCUT2D eigenvalue weighted by molar-refractivity contribution is 5.60. The topological polar surface area (TPSA) is 57.2 Å². The minimum absolute atomic E-state index is 0.422. The number of rotatable bonds is 5. The SMILES string of the molecule is CC(C)c1ccccc1Nc1nncc(N2CCN(c3ccccc3)CC2)n1. The van der Waals surface area contributed by atoms with Crippen LogP contribution in [0.5, 0.6) is 0 Å². The minimum Gasteiger partial charge on any atom is -0.368 e. The highest BCUT2D eigenvalue weighted by Gasteiger charge is 2.19. The van der Waals surface area contributed by atoms with Crippen molar-refractivity contribution in [2.75, 3.05) is 41.3 Å². The third-order valence-corrected chi connectivity index (χ3v) is 5.10. The van der Waals surface area contributed by atoms with E-state index in [9.17, 15) is 0 Å². The largest absolute Gasteiger partial charge is 0.368 e. The van der Waals surface area contributed by atoms with Gasteiger partial charge in [0.15, 0.2) is 5.82 Å². The second-order valence-electron chi connectivity index (χ2n) is 7.31. The van der Waals surface area contributed by atoms with Gasteiger partial charge in [0.2, 0.25) is 5.95 Å². The summed E-state index contributed by atoms with van der Waals surface area (Å²) < 4.78 is 0. The molecule has 0 unspecified atom stereocenters. The van der Waals surface area contributed by atoms with Crippen molar-refractivity contribution in [2.24, 2.45) is 0 Å². The summed E-state index contributed by atoms with van der Waals surface area (Å²) in [7, 11) is 0. The summed E-state index contributed by atoms with van der Waals surface area (Å²) in [6.07, 6.45) is 1.75. The van der Waals surface area contributed by atoms with Crippen molar-refractivity contribution in [3.05, 3.63) is 66.4 Å². The van der Waals surface area contributed by atoms with Crippen LogP contribution in [0.2, 0.25) is 0 Å². The summed E-state index contributed by atoms with van der Waals surface area (Å²) in [5, 5.41) is 11.7. The van der Waals surface area contributed by atoms with E-state index in [1.807, 2.05) is 6.07 Å². The maximum absolute atomic E-state index is 4.71. The summed E-state index contributed by atoms with van der Waals surface area (Å²) in [6.45, 7) is 8.12. The molecular weight excluding hydrogens is 348 g/mol. The lowest BCUT2D eigenvalue weighted by Crippen LogP contribution is -2.46. The maximum atomic E-state index is 4.71. The number of anilines is 4. The van der Waals surface area contributed by atoms with Crippen LogP contribution in [0.15, 0.2) is 60.8 Å². The molecular formula is C22H26N6. The number of hydrogen-bond donors (Lipinski definition) is 1. The maximum Gasteiger partial charge on any atom is 0.249 e. The van der Waals surface area contributed by atoms with Crippen molar-refractivity contribution in [2.45, 2.75) is 19.8 Å². The Morgan fingerprint density at radius 3 is 2.29 bits per heavy atom. The first-order valence-electron chi connectivity index (χ1n) is 9.81. The number of nitrogens with zero attached hydrogens (tertiary/aromatic N) is 5. The lowest BCUT2D eigenvalue weighted by molar-refractivity contribution is 0.645. The van der Waals surface area contributed by atoms with Gasteiger partial charge in [0.1, 0.15) is 0 Å². The van der Waals surface area contributed by atoms with E-state index in [0.717, 1.165) is 37.7 Å². The quantitative estimate of drug-likeness (QED) is 0.727. The van der Waals surface area contributed by atoms with E-state index in [0.29, 0.717) is 11.9 Å².